The highest BCUT2D eigenvalue weighted by molar-refractivity contribution is 14.2. The molecule has 1 nitrogen and oxygen atoms in total. The molecule has 0 unspecified atom stereocenters. The first-order chi connectivity index (χ1) is 4.38. The Hall–Kier alpha value is 0.560. The molecular formula is C8H15IO. The molecule has 60 valence electrons. The van der Waals surface area contributed by atoms with Gasteiger partial charge in [-0.3, -0.25) is 0 Å². The molecule has 0 aliphatic carbocycles. The Morgan fingerprint density at radius 2 is 1.70 bits per heavy atom. The van der Waals surface area contributed by atoms with Crippen molar-refractivity contribution in [1.29, 1.82) is 0 Å². The molecule has 1 aliphatic heterocycles. The topological polar surface area (TPSA) is 9.23 Å². The van der Waals surface area contributed by atoms with Gasteiger partial charge in [0.15, 0.2) is 0 Å². The Kier molecular flexibility index (Phi) is 1.97. The molecule has 0 N–H and O–H groups in total. The fraction of sp³-hybridized carbons (Fsp3) is 0.875. The van der Waals surface area contributed by atoms with Crippen LogP contribution < -0.4 is 0 Å². The van der Waals surface area contributed by atoms with Crippen molar-refractivity contribution in [2.24, 2.45) is 5.41 Å². The lowest BCUT2D eigenvalue weighted by molar-refractivity contribution is 0.0828. The molecule has 0 spiro atoms. The molecule has 0 saturated heterocycles. The minimum atomic E-state index is -0.0833. The van der Waals surface area contributed by atoms with Crippen LogP contribution in [0.25, 0.3) is 0 Å². The van der Waals surface area contributed by atoms with Gasteiger partial charge in [-0.05, 0) is 24.3 Å². The van der Waals surface area contributed by atoms with Crippen LogP contribution in [0.3, 0.4) is 0 Å². The summed E-state index contributed by atoms with van der Waals surface area (Å²) >= 11 is -0.0833. The lowest BCUT2D eigenvalue weighted by atomic mass is 9.75. The van der Waals surface area contributed by atoms with Crippen molar-refractivity contribution in [3.63, 3.8) is 0 Å². The molecule has 0 aromatic heterocycles. The predicted molar refractivity (Wildman–Crippen MR) is 53.6 cm³/mol. The normalized spacial score (nSPS) is 29.1. The van der Waals surface area contributed by atoms with Crippen LogP contribution in [0.4, 0.5) is 0 Å². The highest BCUT2D eigenvalue weighted by Gasteiger charge is 2.44. The van der Waals surface area contributed by atoms with Crippen molar-refractivity contribution in [3.8, 4) is 0 Å². The maximum absolute atomic E-state index is 5.74. The van der Waals surface area contributed by atoms with E-state index in [0.717, 1.165) is 0 Å². The van der Waals surface area contributed by atoms with Gasteiger partial charge in [0.25, 0.3) is 0 Å². The first-order valence-corrected chi connectivity index (χ1v) is 5.51. The van der Waals surface area contributed by atoms with Gasteiger partial charge in [0.05, 0.1) is 5.60 Å². The second kappa shape index (κ2) is 2.27. The van der Waals surface area contributed by atoms with Crippen LogP contribution in [-0.4, -0.2) is 9.11 Å². The van der Waals surface area contributed by atoms with Gasteiger partial charge in [0, 0.05) is 26.6 Å². The summed E-state index contributed by atoms with van der Waals surface area (Å²) in [4.78, 5) is 0. The summed E-state index contributed by atoms with van der Waals surface area (Å²) in [5.74, 6) is 0. The number of hydrogen-bond acceptors (Lipinski definition) is 1. The summed E-state index contributed by atoms with van der Waals surface area (Å²) < 4.78 is 7.31. The summed E-state index contributed by atoms with van der Waals surface area (Å²) in [5.41, 5.74) is 0.366. The summed E-state index contributed by atoms with van der Waals surface area (Å²) in [6, 6.07) is 0. The smallest absolute Gasteiger partial charge is 0.0838 e. The molecular weight excluding hydrogens is 239 g/mol. The largest absolute Gasteiger partial charge is 0.315 e. The van der Waals surface area contributed by atoms with Crippen molar-refractivity contribution in [3.05, 3.63) is 0 Å². The molecule has 10 heavy (non-hydrogen) atoms. The molecule has 0 atom stereocenters. The molecule has 1 aliphatic rings. The van der Waals surface area contributed by atoms with E-state index in [1.165, 1.54) is 0 Å². The van der Waals surface area contributed by atoms with Crippen molar-refractivity contribution in [2.75, 3.05) is 0 Å². The maximum atomic E-state index is 5.74. The molecule has 0 radical (unpaired) electrons. The molecule has 0 fully saturated rings. The van der Waals surface area contributed by atoms with Crippen molar-refractivity contribution in [1.82, 2.24) is 0 Å². The minimum absolute atomic E-state index is 0.0738. The fourth-order valence-corrected chi connectivity index (χ4v) is 3.39. The lowest BCUT2D eigenvalue weighted by Gasteiger charge is -2.33. The Bertz CT molecular complexity index is 180. The van der Waals surface area contributed by atoms with E-state index in [2.05, 4.69) is 34.6 Å². The average Bonchev–Trinajstić information content (AvgIpc) is 1.94. The van der Waals surface area contributed by atoms with Gasteiger partial charge < -0.3 is 3.07 Å². The van der Waals surface area contributed by atoms with E-state index in [4.69, 9.17) is 3.07 Å². The molecule has 1 rings (SSSR count). The Labute approximate surface area is 73.4 Å². The molecule has 0 saturated carbocycles. The van der Waals surface area contributed by atoms with Crippen LogP contribution in [0.15, 0.2) is 0 Å². The number of halogens is 1. The third kappa shape index (κ3) is 1.05. The highest BCUT2D eigenvalue weighted by atomic mass is 127. The summed E-state index contributed by atoms with van der Waals surface area (Å²) in [7, 11) is 0. The summed E-state index contributed by atoms with van der Waals surface area (Å²) in [6.07, 6.45) is 0. The zero-order chi connectivity index (χ0) is 7.99. The van der Waals surface area contributed by atoms with Crippen molar-refractivity contribution in [2.45, 2.75) is 40.2 Å². The van der Waals surface area contributed by atoms with Crippen LogP contribution >= 0.6 is 21.1 Å². The SMILES string of the molecule is CC1=IOC(C)(C)C1(C)C. The second-order valence-electron chi connectivity index (χ2n) is 3.82. The molecule has 0 aromatic rings. The first kappa shape index (κ1) is 8.65. The third-order valence-corrected chi connectivity index (χ3v) is 6.04. The lowest BCUT2D eigenvalue weighted by Crippen LogP contribution is -2.39. The van der Waals surface area contributed by atoms with Crippen molar-refractivity contribution >= 4 is 24.7 Å². The molecule has 2 heteroatoms. The molecule has 0 aromatic carbocycles. The van der Waals surface area contributed by atoms with E-state index in [1.54, 1.807) is 3.51 Å². The second-order valence-corrected chi connectivity index (χ2v) is 6.32. The third-order valence-electron chi connectivity index (χ3n) is 2.71. The summed E-state index contributed by atoms with van der Waals surface area (Å²) in [6.45, 7) is 11.1. The van der Waals surface area contributed by atoms with E-state index < -0.39 is 0 Å². The van der Waals surface area contributed by atoms with E-state index in [-0.39, 0.29) is 26.7 Å². The van der Waals surface area contributed by atoms with Crippen LogP contribution in [-0.2, 0) is 3.07 Å². The quantitative estimate of drug-likeness (QED) is 0.604. The number of rotatable bonds is 0. The molecule has 0 bridgehead atoms. The van der Waals surface area contributed by atoms with Gasteiger partial charge in [-0.15, -0.1) is 0 Å². The minimum Gasteiger partial charge on any atom is -0.315 e. The van der Waals surface area contributed by atoms with Gasteiger partial charge in [0.1, 0.15) is 0 Å². The predicted octanol–water partition coefficient (Wildman–Crippen LogP) is 2.90. The Morgan fingerprint density at radius 3 is 1.80 bits per heavy atom. The van der Waals surface area contributed by atoms with Gasteiger partial charge >= 0.3 is 0 Å². The zero-order valence-corrected chi connectivity index (χ0v) is 9.44. The Balaban J connectivity index is 2.96. The van der Waals surface area contributed by atoms with Gasteiger partial charge in [-0.25, -0.2) is 0 Å². The van der Waals surface area contributed by atoms with E-state index >= 15 is 0 Å². The Morgan fingerprint density at radius 1 is 1.20 bits per heavy atom. The van der Waals surface area contributed by atoms with E-state index in [9.17, 15) is 0 Å². The standard InChI is InChI=1S/C8H15IO/c1-6-7(2,3)8(4,5)10-9-6/h1-5H3. The summed E-state index contributed by atoms with van der Waals surface area (Å²) in [5, 5.41) is 0. The van der Waals surface area contributed by atoms with Gasteiger partial charge in [0.2, 0.25) is 0 Å². The van der Waals surface area contributed by atoms with Crippen LogP contribution in [0.5, 0.6) is 0 Å². The average molecular weight is 254 g/mol. The van der Waals surface area contributed by atoms with Gasteiger partial charge in [-0.1, -0.05) is 13.8 Å². The van der Waals surface area contributed by atoms with E-state index in [1.807, 2.05) is 0 Å². The van der Waals surface area contributed by atoms with Crippen molar-refractivity contribution < 1.29 is 3.07 Å². The highest BCUT2D eigenvalue weighted by Crippen LogP contribution is 2.45. The molecule has 1 heterocycles. The first-order valence-electron chi connectivity index (χ1n) is 3.55. The van der Waals surface area contributed by atoms with Crippen LogP contribution in [0.1, 0.15) is 34.6 Å². The van der Waals surface area contributed by atoms with Gasteiger partial charge in [-0.2, -0.15) is 0 Å². The maximum Gasteiger partial charge on any atom is 0.0838 e. The number of hydrogen-bond donors (Lipinski definition) is 0. The van der Waals surface area contributed by atoms with Crippen LogP contribution in [0, 0.1) is 5.41 Å². The van der Waals surface area contributed by atoms with E-state index in [0.29, 0.717) is 5.41 Å². The van der Waals surface area contributed by atoms with Crippen LogP contribution in [0.2, 0.25) is 0 Å². The fourth-order valence-electron chi connectivity index (χ4n) is 0.762. The monoisotopic (exact) mass is 254 g/mol. The molecule has 0 amide bonds. The zero-order valence-electron chi connectivity index (χ0n) is 7.29.